The fraction of sp³-hybridized carbons (Fsp3) is 0. The van der Waals surface area contributed by atoms with Gasteiger partial charge in [-0.05, 0) is 18.2 Å². The number of imidazole rings is 1. The third-order valence-electron chi connectivity index (χ3n) is 3.27. The highest BCUT2D eigenvalue weighted by molar-refractivity contribution is 5.83. The molecule has 0 aliphatic rings. The highest BCUT2D eigenvalue weighted by Crippen LogP contribution is 2.24. The number of nitrogens with one attached hydrogen (secondary N) is 1. The predicted octanol–water partition coefficient (Wildman–Crippen LogP) is 3.45. The molecule has 0 atom stereocenters. The Morgan fingerprint density at radius 1 is 0.810 bits per heavy atom. The number of hydrogen-bond acceptors (Lipinski definition) is 3. The molecule has 21 heavy (non-hydrogen) atoms. The monoisotopic (exact) mass is 282 g/mol. The van der Waals surface area contributed by atoms with Gasteiger partial charge >= 0.3 is 0 Å². The van der Waals surface area contributed by atoms with E-state index in [0.29, 0.717) is 16.9 Å². The third kappa shape index (κ3) is 1.92. The van der Waals surface area contributed by atoms with E-state index in [1.54, 1.807) is 12.4 Å². The van der Waals surface area contributed by atoms with Gasteiger partial charge in [-0.2, -0.15) is 0 Å². The molecule has 0 aliphatic carbocycles. The van der Waals surface area contributed by atoms with Crippen molar-refractivity contribution in [3.05, 3.63) is 54.4 Å². The topological polar surface area (TPSA) is 54.5 Å². The second-order valence-electron chi connectivity index (χ2n) is 4.63. The van der Waals surface area contributed by atoms with Crippen molar-refractivity contribution in [3.63, 3.8) is 0 Å². The zero-order valence-electron chi connectivity index (χ0n) is 10.6. The van der Waals surface area contributed by atoms with E-state index in [2.05, 4.69) is 19.9 Å². The van der Waals surface area contributed by atoms with Crippen molar-refractivity contribution in [2.45, 2.75) is 0 Å². The molecule has 2 aromatic carbocycles. The summed E-state index contributed by atoms with van der Waals surface area (Å²) in [7, 11) is 0. The van der Waals surface area contributed by atoms with E-state index >= 15 is 0 Å². The maximum absolute atomic E-state index is 13.2. The Kier molecular flexibility index (Phi) is 2.44. The highest BCUT2D eigenvalue weighted by atomic mass is 19.2. The van der Waals surface area contributed by atoms with Crippen LogP contribution in [0.15, 0.2) is 42.7 Å². The van der Waals surface area contributed by atoms with E-state index < -0.39 is 11.6 Å². The van der Waals surface area contributed by atoms with Gasteiger partial charge in [0.2, 0.25) is 0 Å². The summed E-state index contributed by atoms with van der Waals surface area (Å²) >= 11 is 0. The second-order valence-corrected chi connectivity index (χ2v) is 4.63. The zero-order chi connectivity index (χ0) is 14.4. The normalized spacial score (nSPS) is 11.3. The minimum absolute atomic E-state index is 0.378. The summed E-state index contributed by atoms with van der Waals surface area (Å²) in [5.41, 5.74) is 3.11. The Morgan fingerprint density at radius 3 is 2.43 bits per heavy atom. The molecule has 0 saturated heterocycles. The number of rotatable bonds is 1. The molecule has 4 nitrogen and oxygen atoms in total. The smallest absolute Gasteiger partial charge is 0.161 e. The lowest BCUT2D eigenvalue weighted by molar-refractivity contribution is 0.510. The van der Waals surface area contributed by atoms with Gasteiger partial charge in [-0.25, -0.2) is 13.8 Å². The van der Waals surface area contributed by atoms with Crippen LogP contribution in [0, 0.1) is 11.6 Å². The Labute approximate surface area is 117 Å². The van der Waals surface area contributed by atoms with E-state index in [9.17, 15) is 8.78 Å². The van der Waals surface area contributed by atoms with E-state index in [-0.39, 0.29) is 0 Å². The third-order valence-corrected chi connectivity index (χ3v) is 3.27. The van der Waals surface area contributed by atoms with Crippen LogP contribution in [0.25, 0.3) is 33.5 Å². The molecular weight excluding hydrogens is 274 g/mol. The highest BCUT2D eigenvalue weighted by Gasteiger charge is 2.10. The lowest BCUT2D eigenvalue weighted by Crippen LogP contribution is -1.85. The molecule has 6 heteroatoms. The van der Waals surface area contributed by atoms with Crippen molar-refractivity contribution < 1.29 is 8.78 Å². The largest absolute Gasteiger partial charge is 0.338 e. The molecule has 0 unspecified atom stereocenters. The van der Waals surface area contributed by atoms with Gasteiger partial charge in [0.05, 0.1) is 22.1 Å². The number of benzene rings is 2. The summed E-state index contributed by atoms with van der Waals surface area (Å²) < 4.78 is 26.4. The maximum atomic E-state index is 13.2. The van der Waals surface area contributed by atoms with Crippen molar-refractivity contribution in [2.75, 3.05) is 0 Å². The molecule has 0 spiro atoms. The maximum Gasteiger partial charge on any atom is 0.161 e. The molecule has 1 N–H and O–H groups in total. The number of aromatic amines is 1. The van der Waals surface area contributed by atoms with Crippen LogP contribution in [-0.2, 0) is 0 Å². The first-order chi connectivity index (χ1) is 10.2. The Bertz CT molecular complexity index is 939. The minimum atomic E-state index is -0.912. The van der Waals surface area contributed by atoms with Gasteiger partial charge < -0.3 is 4.98 Å². The van der Waals surface area contributed by atoms with Crippen molar-refractivity contribution in [1.29, 1.82) is 0 Å². The van der Waals surface area contributed by atoms with Gasteiger partial charge in [-0.1, -0.05) is 0 Å². The molecule has 4 rings (SSSR count). The quantitative estimate of drug-likeness (QED) is 0.581. The van der Waals surface area contributed by atoms with Crippen molar-refractivity contribution in [3.8, 4) is 11.4 Å². The first-order valence-electron chi connectivity index (χ1n) is 6.26. The van der Waals surface area contributed by atoms with Crippen LogP contribution in [0.1, 0.15) is 0 Å². The van der Waals surface area contributed by atoms with Gasteiger partial charge in [-0.3, -0.25) is 9.97 Å². The Morgan fingerprint density at radius 2 is 1.57 bits per heavy atom. The fourth-order valence-electron chi connectivity index (χ4n) is 2.25. The minimum Gasteiger partial charge on any atom is -0.338 e. The van der Waals surface area contributed by atoms with E-state index in [0.717, 1.165) is 28.7 Å². The van der Waals surface area contributed by atoms with Crippen LogP contribution in [0.3, 0.4) is 0 Å². The second kappa shape index (κ2) is 4.31. The molecule has 2 heterocycles. The van der Waals surface area contributed by atoms with Crippen molar-refractivity contribution in [2.24, 2.45) is 0 Å². The lowest BCUT2D eigenvalue weighted by atomic mass is 10.2. The number of aromatic nitrogens is 4. The summed E-state index contributed by atoms with van der Waals surface area (Å²) in [5.74, 6) is -1.28. The molecular formula is C15H8F2N4. The Hall–Kier alpha value is -2.89. The molecule has 0 amide bonds. The summed E-state index contributed by atoms with van der Waals surface area (Å²) in [6.45, 7) is 0. The van der Waals surface area contributed by atoms with Crippen molar-refractivity contribution in [1.82, 2.24) is 19.9 Å². The lowest BCUT2D eigenvalue weighted by Gasteiger charge is -1.99. The van der Waals surface area contributed by atoms with E-state index in [4.69, 9.17) is 0 Å². The molecule has 2 aromatic heterocycles. The molecule has 0 fully saturated rings. The first-order valence-corrected chi connectivity index (χ1v) is 6.26. The Balaban J connectivity index is 1.91. The van der Waals surface area contributed by atoms with Gasteiger partial charge in [0.15, 0.2) is 11.6 Å². The van der Waals surface area contributed by atoms with Crippen LogP contribution in [-0.4, -0.2) is 19.9 Å². The summed E-state index contributed by atoms with van der Waals surface area (Å²) in [4.78, 5) is 15.7. The summed E-state index contributed by atoms with van der Waals surface area (Å²) in [5, 5.41) is 0. The zero-order valence-corrected chi connectivity index (χ0v) is 10.6. The molecule has 102 valence electrons. The molecule has 0 radical (unpaired) electrons. The van der Waals surface area contributed by atoms with Gasteiger partial charge in [-0.15, -0.1) is 0 Å². The van der Waals surface area contributed by atoms with Gasteiger partial charge in [0.25, 0.3) is 0 Å². The number of hydrogen-bond donors (Lipinski definition) is 1. The first kappa shape index (κ1) is 11.9. The molecule has 0 bridgehead atoms. The van der Waals surface area contributed by atoms with Crippen LogP contribution in [0.2, 0.25) is 0 Å². The van der Waals surface area contributed by atoms with Gasteiger partial charge in [0.1, 0.15) is 5.82 Å². The number of nitrogens with zero attached hydrogens (tertiary/aromatic N) is 3. The number of halogens is 2. The summed E-state index contributed by atoms with van der Waals surface area (Å²) in [6.07, 6.45) is 3.23. The average molecular weight is 282 g/mol. The average Bonchev–Trinajstić information content (AvgIpc) is 2.90. The number of fused-ring (bicyclic) bond motifs is 2. The standard InChI is InChI=1S/C15H8F2N4/c16-9-6-13-14(7-10(9)17)21-15(20-13)8-1-2-11-12(5-8)19-4-3-18-11/h1-7H,(H,20,21). The van der Waals surface area contributed by atoms with Crippen LogP contribution in [0.4, 0.5) is 8.78 Å². The molecule has 0 saturated carbocycles. The fourth-order valence-corrected chi connectivity index (χ4v) is 2.25. The number of H-pyrrole nitrogens is 1. The van der Waals surface area contributed by atoms with Crippen molar-refractivity contribution >= 4 is 22.1 Å². The molecule has 4 aromatic rings. The molecule has 0 aliphatic heterocycles. The van der Waals surface area contributed by atoms with Crippen LogP contribution < -0.4 is 0 Å². The predicted molar refractivity (Wildman–Crippen MR) is 74.5 cm³/mol. The van der Waals surface area contributed by atoms with E-state index in [1.807, 2.05) is 18.2 Å². The van der Waals surface area contributed by atoms with Crippen LogP contribution >= 0.6 is 0 Å². The van der Waals surface area contributed by atoms with Crippen LogP contribution in [0.5, 0.6) is 0 Å². The van der Waals surface area contributed by atoms with Gasteiger partial charge in [0, 0.05) is 30.1 Å². The SMILES string of the molecule is Fc1cc2nc(-c3ccc4nccnc4c3)[nH]c2cc1F. The van der Waals surface area contributed by atoms with E-state index in [1.165, 1.54) is 0 Å². The summed E-state index contributed by atoms with van der Waals surface area (Å²) in [6, 6.07) is 7.66.